The van der Waals surface area contributed by atoms with Gasteiger partial charge in [-0.25, -0.2) is 0 Å². The van der Waals surface area contributed by atoms with Gasteiger partial charge in [-0.2, -0.15) is 0 Å². The molecular weight excluding hydrogens is 286 g/mol. The third kappa shape index (κ3) is 2.05. The Morgan fingerprint density at radius 3 is 2.39 bits per heavy atom. The summed E-state index contributed by atoms with van der Waals surface area (Å²) in [5.41, 5.74) is 0.629. The van der Waals surface area contributed by atoms with Crippen molar-refractivity contribution in [3.05, 3.63) is 0 Å². The van der Waals surface area contributed by atoms with Crippen LogP contribution in [0.4, 0.5) is 0 Å². The van der Waals surface area contributed by atoms with Crippen molar-refractivity contribution in [2.75, 3.05) is 7.05 Å². The summed E-state index contributed by atoms with van der Waals surface area (Å²) in [5, 5.41) is 10.3. The first-order valence-corrected chi connectivity index (χ1v) is 9.77. The van der Waals surface area contributed by atoms with Crippen molar-refractivity contribution in [2.24, 2.45) is 34.5 Å². The van der Waals surface area contributed by atoms with Crippen molar-refractivity contribution in [3.8, 4) is 0 Å². The molecule has 0 amide bonds. The molecule has 0 aromatic carbocycles. The van der Waals surface area contributed by atoms with Gasteiger partial charge in [0.25, 0.3) is 0 Å². The van der Waals surface area contributed by atoms with Gasteiger partial charge in [-0.05, 0) is 87.0 Å². The minimum absolute atomic E-state index is 0.246. The van der Waals surface area contributed by atoms with Crippen molar-refractivity contribution in [2.45, 2.75) is 77.5 Å². The fourth-order valence-electron chi connectivity index (χ4n) is 7.57. The number of carbonyl (C=O) groups excluding carboxylic acids is 1. The first-order chi connectivity index (χ1) is 10.9. The molecule has 7 unspecified atom stereocenters. The molecule has 1 heterocycles. The lowest BCUT2D eigenvalue weighted by atomic mass is 9.47. The number of hydrogen-bond donors (Lipinski definition) is 1. The molecule has 23 heavy (non-hydrogen) atoms. The molecule has 3 saturated carbocycles. The summed E-state index contributed by atoms with van der Waals surface area (Å²) in [6, 6.07) is 0.542. The van der Waals surface area contributed by atoms with Crippen LogP contribution in [0.25, 0.3) is 0 Å². The molecule has 1 saturated heterocycles. The topological polar surface area (TPSA) is 40.5 Å². The molecule has 3 aliphatic carbocycles. The number of aliphatic hydroxyl groups is 1. The molecule has 8 atom stereocenters. The highest BCUT2D eigenvalue weighted by atomic mass is 16.3. The smallest absolute Gasteiger partial charge is 0.123 e. The predicted octanol–water partition coefficient (Wildman–Crippen LogP) is 3.46. The van der Waals surface area contributed by atoms with Gasteiger partial charge in [0.05, 0.1) is 0 Å². The zero-order chi connectivity index (χ0) is 16.4. The lowest BCUT2D eigenvalue weighted by Crippen LogP contribution is -2.62. The molecule has 0 aromatic rings. The first kappa shape index (κ1) is 16.1. The van der Waals surface area contributed by atoms with Gasteiger partial charge < -0.3 is 9.90 Å². The Balaban J connectivity index is 1.64. The molecule has 3 nitrogen and oxygen atoms in total. The van der Waals surface area contributed by atoms with Crippen LogP contribution >= 0.6 is 0 Å². The van der Waals surface area contributed by atoms with E-state index in [-0.39, 0.29) is 11.6 Å². The van der Waals surface area contributed by atoms with E-state index < -0.39 is 0 Å². The van der Waals surface area contributed by atoms with E-state index in [0.717, 1.165) is 30.6 Å². The average Bonchev–Trinajstić information content (AvgIpc) is 2.88. The maximum Gasteiger partial charge on any atom is 0.123 e. The molecule has 1 aliphatic heterocycles. The monoisotopic (exact) mass is 319 g/mol. The molecule has 0 bridgehead atoms. The summed E-state index contributed by atoms with van der Waals surface area (Å²) in [5.74, 6) is 2.66. The van der Waals surface area contributed by atoms with Crippen LogP contribution in [0.5, 0.6) is 0 Å². The standard InChI is InChI=1S/C20H33NO2/c1-19-10-8-16-14(15(19)6-4-13(19)12-22)5-7-17-20(16,2)11-9-18(23)21(17)3/h12-18,23H,4-11H2,1-3H3/t13?,14?,15?,16?,17-,18?,19?,20?/m1/s1. The number of nitrogens with zero attached hydrogens (tertiary/aromatic N) is 1. The molecule has 130 valence electrons. The van der Waals surface area contributed by atoms with Gasteiger partial charge in [-0.15, -0.1) is 0 Å². The minimum Gasteiger partial charge on any atom is -0.378 e. The Bertz CT molecular complexity index is 494. The molecule has 0 aromatic heterocycles. The lowest BCUT2D eigenvalue weighted by molar-refractivity contribution is -0.168. The Kier molecular flexibility index (Phi) is 3.70. The van der Waals surface area contributed by atoms with Crippen LogP contribution in [0.3, 0.4) is 0 Å². The van der Waals surface area contributed by atoms with E-state index in [9.17, 15) is 9.90 Å². The molecule has 4 aliphatic rings. The number of carbonyl (C=O) groups is 1. The van der Waals surface area contributed by atoms with Gasteiger partial charge in [0.2, 0.25) is 0 Å². The molecule has 4 fully saturated rings. The summed E-state index contributed by atoms with van der Waals surface area (Å²) in [4.78, 5) is 13.8. The van der Waals surface area contributed by atoms with Crippen LogP contribution in [-0.4, -0.2) is 35.6 Å². The summed E-state index contributed by atoms with van der Waals surface area (Å²) >= 11 is 0. The zero-order valence-corrected chi connectivity index (χ0v) is 15.0. The van der Waals surface area contributed by atoms with Crippen LogP contribution in [0.2, 0.25) is 0 Å². The average molecular weight is 319 g/mol. The number of aldehydes is 1. The van der Waals surface area contributed by atoms with E-state index in [4.69, 9.17) is 0 Å². The third-order valence-corrected chi connectivity index (χ3v) is 8.96. The van der Waals surface area contributed by atoms with Crippen molar-refractivity contribution >= 4 is 6.29 Å². The van der Waals surface area contributed by atoms with Crippen LogP contribution < -0.4 is 0 Å². The third-order valence-electron chi connectivity index (χ3n) is 8.96. The van der Waals surface area contributed by atoms with Gasteiger partial charge >= 0.3 is 0 Å². The van der Waals surface area contributed by atoms with Crippen molar-refractivity contribution in [1.82, 2.24) is 4.90 Å². The second kappa shape index (κ2) is 5.29. The zero-order valence-electron chi connectivity index (χ0n) is 15.0. The maximum absolute atomic E-state index is 11.6. The quantitative estimate of drug-likeness (QED) is 0.753. The Morgan fingerprint density at radius 1 is 0.957 bits per heavy atom. The molecule has 0 spiro atoms. The van der Waals surface area contributed by atoms with Gasteiger partial charge in [0.1, 0.15) is 12.5 Å². The largest absolute Gasteiger partial charge is 0.378 e. The second-order valence-corrected chi connectivity index (χ2v) is 9.52. The Hall–Kier alpha value is -0.410. The summed E-state index contributed by atoms with van der Waals surface area (Å²) in [6.45, 7) is 4.91. The highest BCUT2D eigenvalue weighted by molar-refractivity contribution is 5.56. The van der Waals surface area contributed by atoms with E-state index in [1.54, 1.807) is 0 Å². The highest BCUT2D eigenvalue weighted by Gasteiger charge is 2.60. The maximum atomic E-state index is 11.6. The normalized spacial score (nSPS) is 56.5. The summed E-state index contributed by atoms with van der Waals surface area (Å²) in [6.07, 6.45) is 10.5. The van der Waals surface area contributed by atoms with Gasteiger partial charge in [-0.3, -0.25) is 4.90 Å². The number of likely N-dealkylation sites (tertiary alicyclic amines) is 1. The number of rotatable bonds is 1. The Morgan fingerprint density at radius 2 is 1.65 bits per heavy atom. The first-order valence-electron chi connectivity index (χ1n) is 9.77. The fraction of sp³-hybridized carbons (Fsp3) is 0.950. The van der Waals surface area contributed by atoms with Crippen molar-refractivity contribution < 1.29 is 9.90 Å². The fourth-order valence-corrected chi connectivity index (χ4v) is 7.57. The van der Waals surface area contributed by atoms with E-state index in [0.29, 0.717) is 17.4 Å². The Labute approximate surface area is 140 Å². The van der Waals surface area contributed by atoms with Gasteiger partial charge in [-0.1, -0.05) is 13.8 Å². The highest BCUT2D eigenvalue weighted by Crippen LogP contribution is 2.65. The predicted molar refractivity (Wildman–Crippen MR) is 90.7 cm³/mol. The van der Waals surface area contributed by atoms with Gasteiger partial charge in [0, 0.05) is 12.0 Å². The summed E-state index contributed by atoms with van der Waals surface area (Å²) < 4.78 is 0. The minimum atomic E-state index is -0.246. The number of hydrogen-bond acceptors (Lipinski definition) is 3. The molecule has 1 N–H and O–H groups in total. The molecule has 4 rings (SSSR count). The van der Waals surface area contributed by atoms with E-state index >= 15 is 0 Å². The van der Waals surface area contributed by atoms with Gasteiger partial charge in [0.15, 0.2) is 0 Å². The number of fused-ring (bicyclic) bond motifs is 5. The van der Waals surface area contributed by atoms with Crippen LogP contribution in [-0.2, 0) is 4.79 Å². The van der Waals surface area contributed by atoms with E-state index in [2.05, 4.69) is 25.8 Å². The van der Waals surface area contributed by atoms with Crippen LogP contribution in [0, 0.1) is 34.5 Å². The molecular formula is C20H33NO2. The van der Waals surface area contributed by atoms with E-state index in [1.165, 1.54) is 44.8 Å². The van der Waals surface area contributed by atoms with Crippen LogP contribution in [0.1, 0.15) is 65.2 Å². The SMILES string of the molecule is CN1C(O)CCC2(C)C3CCC4(C)C(C=O)CCC4C3CC[C@@H]12. The molecule has 0 radical (unpaired) electrons. The number of aliphatic hydroxyl groups excluding tert-OH is 1. The van der Waals surface area contributed by atoms with Crippen LogP contribution in [0.15, 0.2) is 0 Å². The van der Waals surface area contributed by atoms with Crippen molar-refractivity contribution in [1.29, 1.82) is 0 Å². The lowest BCUT2D eigenvalue weighted by Gasteiger charge is -2.62. The second-order valence-electron chi connectivity index (χ2n) is 9.52. The molecule has 3 heteroatoms. The van der Waals surface area contributed by atoms with Crippen molar-refractivity contribution in [3.63, 3.8) is 0 Å². The number of piperidine rings is 1. The summed E-state index contributed by atoms with van der Waals surface area (Å²) in [7, 11) is 2.12. The van der Waals surface area contributed by atoms with E-state index in [1.807, 2.05) is 0 Å².